The van der Waals surface area contributed by atoms with Crippen molar-refractivity contribution in [2.24, 2.45) is 0 Å². The maximum Gasteiger partial charge on any atom is 0.261 e. The number of amides is 1. The lowest BCUT2D eigenvalue weighted by atomic mass is 10.00. The average Bonchev–Trinajstić information content (AvgIpc) is 3.16. The number of carbonyl (C=O) groups excluding carboxylic acids is 2. The van der Waals surface area contributed by atoms with Crippen molar-refractivity contribution in [3.05, 3.63) is 57.5 Å². The predicted octanol–water partition coefficient (Wildman–Crippen LogP) is 3.27. The summed E-state index contributed by atoms with van der Waals surface area (Å²) in [6.07, 6.45) is 0.829. The number of ketones is 1. The van der Waals surface area contributed by atoms with E-state index in [1.807, 2.05) is 7.05 Å². The van der Waals surface area contributed by atoms with Gasteiger partial charge in [0.1, 0.15) is 5.82 Å². The average molecular weight is 346 g/mol. The first-order valence-corrected chi connectivity index (χ1v) is 8.69. The number of rotatable bonds is 4. The first kappa shape index (κ1) is 16.8. The SMILES string of the molecule is CC(=O)c1csc(C(=O)N[C@@H]2CCN(C)[C@@H]2c2ccc(F)cc2)c1. The molecule has 2 heterocycles. The van der Waals surface area contributed by atoms with Gasteiger partial charge < -0.3 is 5.32 Å². The normalized spacial score (nSPS) is 21.0. The van der Waals surface area contributed by atoms with E-state index in [0.717, 1.165) is 18.5 Å². The number of likely N-dealkylation sites (N-methyl/N-ethyl adjacent to an activating group) is 1. The second-order valence-corrected chi connectivity index (χ2v) is 7.01. The lowest BCUT2D eigenvalue weighted by Gasteiger charge is -2.26. The van der Waals surface area contributed by atoms with Gasteiger partial charge in [-0.25, -0.2) is 4.39 Å². The number of likely N-dealkylation sites (tertiary alicyclic amines) is 1. The molecule has 6 heteroatoms. The molecule has 1 aliphatic rings. The standard InChI is InChI=1S/C18H19FN2O2S/c1-11(22)13-9-16(24-10-13)18(23)20-15-7-8-21(2)17(15)12-3-5-14(19)6-4-12/h3-6,9-10,15,17H,7-8H2,1-2H3,(H,20,23)/t15-,17-/m1/s1. The smallest absolute Gasteiger partial charge is 0.261 e. The summed E-state index contributed by atoms with van der Waals surface area (Å²) in [5.74, 6) is -0.481. The van der Waals surface area contributed by atoms with Crippen LogP contribution >= 0.6 is 11.3 Å². The zero-order valence-electron chi connectivity index (χ0n) is 13.6. The van der Waals surface area contributed by atoms with Gasteiger partial charge in [-0.15, -0.1) is 11.3 Å². The van der Waals surface area contributed by atoms with E-state index in [1.54, 1.807) is 23.6 Å². The van der Waals surface area contributed by atoms with Crippen molar-refractivity contribution < 1.29 is 14.0 Å². The molecule has 2 atom stereocenters. The Morgan fingerprint density at radius 2 is 2.00 bits per heavy atom. The first-order valence-electron chi connectivity index (χ1n) is 7.82. The van der Waals surface area contributed by atoms with Crippen LogP contribution in [0, 0.1) is 5.82 Å². The van der Waals surface area contributed by atoms with Gasteiger partial charge in [-0.1, -0.05) is 12.1 Å². The summed E-state index contributed by atoms with van der Waals surface area (Å²) < 4.78 is 13.2. The zero-order chi connectivity index (χ0) is 17.3. The Balaban J connectivity index is 1.76. The van der Waals surface area contributed by atoms with Gasteiger partial charge >= 0.3 is 0 Å². The number of nitrogens with zero attached hydrogens (tertiary/aromatic N) is 1. The minimum atomic E-state index is -0.268. The topological polar surface area (TPSA) is 49.4 Å². The van der Waals surface area contributed by atoms with Gasteiger partial charge in [-0.05, 0) is 44.2 Å². The number of nitrogens with one attached hydrogen (secondary N) is 1. The van der Waals surface area contributed by atoms with Gasteiger partial charge in [0.2, 0.25) is 0 Å². The predicted molar refractivity (Wildman–Crippen MR) is 92.0 cm³/mol. The lowest BCUT2D eigenvalue weighted by Crippen LogP contribution is -2.38. The summed E-state index contributed by atoms with van der Waals surface area (Å²) >= 11 is 1.27. The molecule has 24 heavy (non-hydrogen) atoms. The number of benzene rings is 1. The molecule has 0 bridgehead atoms. The van der Waals surface area contributed by atoms with Crippen LogP contribution < -0.4 is 5.32 Å². The number of Topliss-reactive ketones (excluding diaryl/α,β-unsaturated/α-hetero) is 1. The van der Waals surface area contributed by atoms with Gasteiger partial charge in [-0.3, -0.25) is 14.5 Å². The van der Waals surface area contributed by atoms with Gasteiger partial charge in [0.15, 0.2) is 5.78 Å². The third-order valence-electron chi connectivity index (χ3n) is 4.41. The van der Waals surface area contributed by atoms with E-state index in [1.165, 1.54) is 30.4 Å². The molecule has 0 radical (unpaired) electrons. The van der Waals surface area contributed by atoms with E-state index in [9.17, 15) is 14.0 Å². The van der Waals surface area contributed by atoms with E-state index >= 15 is 0 Å². The van der Waals surface area contributed by atoms with Crippen molar-refractivity contribution in [2.75, 3.05) is 13.6 Å². The van der Waals surface area contributed by atoms with Crippen molar-refractivity contribution in [3.63, 3.8) is 0 Å². The number of hydrogen-bond donors (Lipinski definition) is 1. The van der Waals surface area contributed by atoms with Crippen LogP contribution in [0.4, 0.5) is 4.39 Å². The third-order valence-corrected chi connectivity index (χ3v) is 5.34. The summed E-state index contributed by atoms with van der Waals surface area (Å²) in [7, 11) is 2.00. The summed E-state index contributed by atoms with van der Waals surface area (Å²) in [6, 6.07) is 8.02. The molecule has 4 nitrogen and oxygen atoms in total. The molecule has 1 aromatic carbocycles. The molecule has 1 fully saturated rings. The highest BCUT2D eigenvalue weighted by molar-refractivity contribution is 7.12. The van der Waals surface area contributed by atoms with Crippen molar-refractivity contribution >= 4 is 23.0 Å². The molecule has 0 saturated carbocycles. The van der Waals surface area contributed by atoms with Gasteiger partial charge in [0, 0.05) is 17.5 Å². The second-order valence-electron chi connectivity index (χ2n) is 6.10. The minimum Gasteiger partial charge on any atom is -0.347 e. The number of carbonyl (C=O) groups is 2. The molecule has 3 rings (SSSR count). The molecule has 0 unspecified atom stereocenters. The maximum absolute atomic E-state index is 13.2. The van der Waals surface area contributed by atoms with Crippen LogP contribution in [-0.2, 0) is 0 Å². The van der Waals surface area contributed by atoms with Crippen LogP contribution in [0.2, 0.25) is 0 Å². The summed E-state index contributed by atoms with van der Waals surface area (Å²) in [5, 5.41) is 4.77. The van der Waals surface area contributed by atoms with Gasteiger partial charge in [0.05, 0.1) is 17.0 Å². The Labute approximate surface area is 144 Å². The molecule has 1 amide bonds. The van der Waals surface area contributed by atoms with Crippen LogP contribution in [0.3, 0.4) is 0 Å². The van der Waals surface area contributed by atoms with Crippen molar-refractivity contribution in [1.82, 2.24) is 10.2 Å². The van der Waals surface area contributed by atoms with Crippen LogP contribution in [0.1, 0.15) is 45.0 Å². The Hall–Kier alpha value is -2.05. The molecular formula is C18H19FN2O2S. The zero-order valence-corrected chi connectivity index (χ0v) is 14.4. The molecule has 0 spiro atoms. The molecule has 1 N–H and O–H groups in total. The van der Waals surface area contributed by atoms with Crippen LogP contribution in [-0.4, -0.2) is 36.2 Å². The van der Waals surface area contributed by atoms with E-state index in [0.29, 0.717) is 10.4 Å². The minimum absolute atomic E-state index is 0.0155. The number of hydrogen-bond acceptors (Lipinski definition) is 4. The maximum atomic E-state index is 13.2. The molecule has 0 aliphatic carbocycles. The molecule has 1 aromatic heterocycles. The largest absolute Gasteiger partial charge is 0.347 e. The molecule has 2 aromatic rings. The monoisotopic (exact) mass is 346 g/mol. The fourth-order valence-electron chi connectivity index (χ4n) is 3.12. The van der Waals surface area contributed by atoms with Crippen LogP contribution in [0.15, 0.2) is 35.7 Å². The lowest BCUT2D eigenvalue weighted by molar-refractivity contribution is 0.0931. The van der Waals surface area contributed by atoms with Crippen molar-refractivity contribution in [1.29, 1.82) is 0 Å². The van der Waals surface area contributed by atoms with E-state index in [2.05, 4.69) is 10.2 Å². The Kier molecular flexibility index (Phi) is 4.78. The van der Waals surface area contributed by atoms with E-state index < -0.39 is 0 Å². The highest BCUT2D eigenvalue weighted by atomic mass is 32.1. The third kappa shape index (κ3) is 3.39. The summed E-state index contributed by atoms with van der Waals surface area (Å²) in [4.78, 5) is 26.5. The second kappa shape index (κ2) is 6.83. The van der Waals surface area contributed by atoms with Crippen molar-refractivity contribution in [2.45, 2.75) is 25.4 Å². The van der Waals surface area contributed by atoms with E-state index in [-0.39, 0.29) is 29.6 Å². The highest BCUT2D eigenvalue weighted by Crippen LogP contribution is 2.31. The number of thiophene rings is 1. The van der Waals surface area contributed by atoms with Gasteiger partial charge in [-0.2, -0.15) is 0 Å². The molecular weight excluding hydrogens is 327 g/mol. The number of halogens is 1. The fraction of sp³-hybridized carbons (Fsp3) is 0.333. The quantitative estimate of drug-likeness (QED) is 0.865. The van der Waals surface area contributed by atoms with Crippen LogP contribution in [0.5, 0.6) is 0 Å². The van der Waals surface area contributed by atoms with Gasteiger partial charge in [0.25, 0.3) is 5.91 Å². The van der Waals surface area contributed by atoms with Crippen molar-refractivity contribution in [3.8, 4) is 0 Å². The Bertz CT molecular complexity index is 757. The fourth-order valence-corrected chi connectivity index (χ4v) is 3.97. The Morgan fingerprint density at radius 3 is 2.62 bits per heavy atom. The first-order chi connectivity index (χ1) is 11.5. The highest BCUT2D eigenvalue weighted by Gasteiger charge is 2.34. The summed E-state index contributed by atoms with van der Waals surface area (Å²) in [5.41, 5.74) is 1.54. The molecule has 126 valence electrons. The van der Waals surface area contributed by atoms with Crippen LogP contribution in [0.25, 0.3) is 0 Å². The molecule has 1 aliphatic heterocycles. The summed E-state index contributed by atoms with van der Waals surface area (Å²) in [6.45, 7) is 2.34. The Morgan fingerprint density at radius 1 is 1.29 bits per heavy atom. The van der Waals surface area contributed by atoms with E-state index in [4.69, 9.17) is 0 Å². The molecule has 1 saturated heterocycles.